The van der Waals surface area contributed by atoms with Crippen LogP contribution in [-0.4, -0.2) is 48.4 Å². The Bertz CT molecular complexity index is 830. The van der Waals surface area contributed by atoms with Gasteiger partial charge in [0.2, 0.25) is 11.8 Å². The number of benzene rings is 1. The van der Waals surface area contributed by atoms with Crippen LogP contribution in [0.25, 0.3) is 0 Å². The smallest absolute Gasteiger partial charge is 0.242 e. The lowest BCUT2D eigenvalue weighted by Crippen LogP contribution is -2.44. The Balaban J connectivity index is 1.74. The molecule has 0 unspecified atom stereocenters. The van der Waals surface area contributed by atoms with Crippen LogP contribution in [0.15, 0.2) is 41.8 Å². The Kier molecular flexibility index (Phi) is 9.10. The molecule has 0 bridgehead atoms. The molecule has 1 aromatic carbocycles. The molecule has 1 heterocycles. The summed E-state index contributed by atoms with van der Waals surface area (Å²) in [6.45, 7) is 4.48. The molecule has 168 valence electrons. The van der Waals surface area contributed by atoms with Crippen LogP contribution in [0.1, 0.15) is 48.1 Å². The lowest BCUT2D eigenvalue weighted by atomic mass is 10.1. The van der Waals surface area contributed by atoms with Crippen molar-refractivity contribution < 1.29 is 14.3 Å². The van der Waals surface area contributed by atoms with Crippen molar-refractivity contribution in [2.45, 2.75) is 52.1 Å². The normalized spacial score (nSPS) is 14.0. The summed E-state index contributed by atoms with van der Waals surface area (Å²) >= 11 is 1.68. The van der Waals surface area contributed by atoms with Crippen LogP contribution in [0.5, 0.6) is 0 Å². The van der Waals surface area contributed by atoms with E-state index in [4.69, 9.17) is 4.74 Å². The van der Waals surface area contributed by atoms with Crippen LogP contribution in [0.4, 0.5) is 0 Å². The van der Waals surface area contributed by atoms with Crippen molar-refractivity contribution in [3.8, 4) is 0 Å². The zero-order chi connectivity index (χ0) is 22.1. The molecule has 2 amide bonds. The van der Waals surface area contributed by atoms with Gasteiger partial charge >= 0.3 is 0 Å². The van der Waals surface area contributed by atoms with Crippen LogP contribution in [-0.2, 0) is 27.4 Å². The lowest BCUT2D eigenvalue weighted by molar-refractivity contribution is -0.143. The molecule has 0 aliphatic heterocycles. The molecule has 2 aromatic rings. The molecule has 1 aliphatic carbocycles. The zero-order valence-corrected chi connectivity index (χ0v) is 19.5. The first kappa shape index (κ1) is 23.5. The highest BCUT2D eigenvalue weighted by atomic mass is 32.1. The number of nitrogens with zero attached hydrogens (tertiary/aromatic N) is 2. The molecule has 6 heteroatoms. The van der Waals surface area contributed by atoms with Gasteiger partial charge < -0.3 is 14.5 Å². The molecule has 1 aromatic heterocycles. The zero-order valence-electron chi connectivity index (χ0n) is 18.7. The van der Waals surface area contributed by atoms with E-state index in [-0.39, 0.29) is 24.3 Å². The fourth-order valence-corrected chi connectivity index (χ4v) is 5.06. The third-order valence-electron chi connectivity index (χ3n) is 5.99. The molecular formula is C25H34N2O3S. The van der Waals surface area contributed by atoms with Crippen LogP contribution in [0.3, 0.4) is 0 Å². The van der Waals surface area contributed by atoms with Gasteiger partial charge in [0.05, 0.1) is 13.1 Å². The fraction of sp³-hybridized carbons (Fsp3) is 0.520. The maximum Gasteiger partial charge on any atom is 0.242 e. The second-order valence-electron chi connectivity index (χ2n) is 8.35. The number of hydrogen-bond donors (Lipinski definition) is 0. The Hall–Kier alpha value is -2.18. The highest BCUT2D eigenvalue weighted by Crippen LogP contribution is 2.27. The van der Waals surface area contributed by atoms with Gasteiger partial charge in [-0.25, -0.2) is 0 Å². The molecule has 5 nitrogen and oxygen atoms in total. The van der Waals surface area contributed by atoms with E-state index >= 15 is 0 Å². The molecule has 0 spiro atoms. The number of ether oxygens (including phenoxy) is 1. The molecule has 1 saturated carbocycles. The summed E-state index contributed by atoms with van der Waals surface area (Å²) in [5.41, 5.74) is 2.30. The summed E-state index contributed by atoms with van der Waals surface area (Å²) < 4.78 is 5.18. The van der Waals surface area contributed by atoms with Gasteiger partial charge in [-0.3, -0.25) is 9.59 Å². The van der Waals surface area contributed by atoms with Crippen LogP contribution in [0, 0.1) is 12.8 Å². The maximum atomic E-state index is 13.5. The second-order valence-corrected chi connectivity index (χ2v) is 9.35. The quantitative estimate of drug-likeness (QED) is 0.476. The first-order chi connectivity index (χ1) is 15.1. The maximum absolute atomic E-state index is 13.5. The van der Waals surface area contributed by atoms with Gasteiger partial charge in [0, 0.05) is 37.6 Å². The summed E-state index contributed by atoms with van der Waals surface area (Å²) in [4.78, 5) is 31.5. The molecule has 31 heavy (non-hydrogen) atoms. The van der Waals surface area contributed by atoms with Gasteiger partial charge in [0.1, 0.15) is 0 Å². The van der Waals surface area contributed by atoms with Gasteiger partial charge in [-0.1, -0.05) is 43.2 Å². The molecule has 0 N–H and O–H groups in total. The highest BCUT2D eigenvalue weighted by molar-refractivity contribution is 7.10. The molecule has 3 rings (SSSR count). The minimum Gasteiger partial charge on any atom is -0.385 e. The molecule has 0 radical (unpaired) electrons. The van der Waals surface area contributed by atoms with E-state index in [1.54, 1.807) is 23.3 Å². The first-order valence-corrected chi connectivity index (χ1v) is 12.1. The van der Waals surface area contributed by atoms with E-state index in [1.807, 2.05) is 35.2 Å². The third kappa shape index (κ3) is 6.91. The van der Waals surface area contributed by atoms with Gasteiger partial charge in [-0.15, -0.1) is 11.3 Å². The summed E-state index contributed by atoms with van der Waals surface area (Å²) in [6.07, 6.45) is 4.83. The van der Waals surface area contributed by atoms with Crippen LogP contribution in [0.2, 0.25) is 0 Å². The molecule has 1 aliphatic rings. The van der Waals surface area contributed by atoms with E-state index in [0.717, 1.165) is 37.7 Å². The van der Waals surface area contributed by atoms with E-state index in [9.17, 15) is 9.59 Å². The van der Waals surface area contributed by atoms with Gasteiger partial charge in [0.15, 0.2) is 0 Å². The minimum atomic E-state index is 0.000386. The highest BCUT2D eigenvalue weighted by Gasteiger charge is 2.29. The number of aryl methyl sites for hydroxylation is 1. The molecular weight excluding hydrogens is 408 g/mol. The molecule has 1 fully saturated rings. The summed E-state index contributed by atoms with van der Waals surface area (Å²) in [5, 5.41) is 2.07. The first-order valence-electron chi connectivity index (χ1n) is 11.2. The number of methoxy groups -OCH3 is 1. The van der Waals surface area contributed by atoms with Gasteiger partial charge in [0.25, 0.3) is 0 Å². The monoisotopic (exact) mass is 442 g/mol. The topological polar surface area (TPSA) is 49.9 Å². The van der Waals surface area contributed by atoms with E-state index in [1.165, 1.54) is 10.4 Å². The van der Waals surface area contributed by atoms with Crippen molar-refractivity contribution in [1.82, 2.24) is 9.80 Å². The predicted octanol–water partition coefficient (Wildman–Crippen LogP) is 4.64. The van der Waals surface area contributed by atoms with Crippen molar-refractivity contribution in [3.05, 3.63) is 57.8 Å². The number of hydrogen-bond acceptors (Lipinski definition) is 4. The van der Waals surface area contributed by atoms with Gasteiger partial charge in [-0.05, 0) is 48.8 Å². The number of thiophene rings is 1. The second kappa shape index (κ2) is 12.0. The molecule has 0 saturated heterocycles. The lowest BCUT2D eigenvalue weighted by Gasteiger charge is -2.29. The summed E-state index contributed by atoms with van der Waals surface area (Å²) in [5.74, 6) is 0.201. The fourth-order valence-electron chi connectivity index (χ4n) is 4.14. The van der Waals surface area contributed by atoms with E-state index in [0.29, 0.717) is 26.2 Å². The van der Waals surface area contributed by atoms with E-state index < -0.39 is 0 Å². The SMILES string of the molecule is COCCCN(CC(=O)N(Cc1ccccc1)Cc1sccc1C)C(=O)C1CCCC1. The number of rotatable bonds is 11. The van der Waals surface area contributed by atoms with Crippen molar-refractivity contribution in [2.24, 2.45) is 5.92 Å². The summed E-state index contributed by atoms with van der Waals surface area (Å²) in [7, 11) is 1.67. The Morgan fingerprint density at radius 1 is 1.06 bits per heavy atom. The van der Waals surface area contributed by atoms with Crippen LogP contribution >= 0.6 is 11.3 Å². The Morgan fingerprint density at radius 3 is 2.45 bits per heavy atom. The standard InChI is InChI=1S/C25H34N2O3S/c1-20-13-16-31-23(20)18-27(17-21-9-4-3-5-10-21)24(28)19-26(14-8-15-30-2)25(29)22-11-6-7-12-22/h3-5,9-10,13,16,22H,6-8,11-12,14-15,17-19H2,1-2H3. The number of carbonyl (C=O) groups excluding carboxylic acids is 2. The Labute approximate surface area is 190 Å². The van der Waals surface area contributed by atoms with Crippen molar-refractivity contribution in [3.63, 3.8) is 0 Å². The third-order valence-corrected chi connectivity index (χ3v) is 7.00. The van der Waals surface area contributed by atoms with Crippen LogP contribution < -0.4 is 0 Å². The minimum absolute atomic E-state index is 0.000386. The Morgan fingerprint density at radius 2 is 1.81 bits per heavy atom. The average Bonchev–Trinajstić information content (AvgIpc) is 3.45. The van der Waals surface area contributed by atoms with Crippen molar-refractivity contribution in [2.75, 3.05) is 26.8 Å². The average molecular weight is 443 g/mol. The van der Waals surface area contributed by atoms with Crippen molar-refractivity contribution >= 4 is 23.2 Å². The van der Waals surface area contributed by atoms with E-state index in [2.05, 4.69) is 18.4 Å². The predicted molar refractivity (Wildman–Crippen MR) is 125 cm³/mol. The largest absolute Gasteiger partial charge is 0.385 e. The number of amides is 2. The van der Waals surface area contributed by atoms with Gasteiger partial charge in [-0.2, -0.15) is 0 Å². The number of carbonyl (C=O) groups is 2. The summed E-state index contributed by atoms with van der Waals surface area (Å²) in [6, 6.07) is 12.1. The van der Waals surface area contributed by atoms with Crippen molar-refractivity contribution in [1.29, 1.82) is 0 Å². The molecule has 0 atom stereocenters.